The lowest BCUT2D eigenvalue weighted by atomic mass is 9.86. The Kier molecular flexibility index (Phi) is 5.22. The summed E-state index contributed by atoms with van der Waals surface area (Å²) < 4.78 is 6.14. The average molecular weight is 275 g/mol. The van der Waals surface area contributed by atoms with Crippen LogP contribution >= 0.6 is 0 Å². The van der Waals surface area contributed by atoms with Crippen molar-refractivity contribution in [3.8, 4) is 0 Å². The first-order valence-corrected chi connectivity index (χ1v) is 7.95. The summed E-state index contributed by atoms with van der Waals surface area (Å²) in [5.41, 5.74) is 3.00. The highest BCUT2D eigenvalue weighted by Crippen LogP contribution is 2.35. The van der Waals surface area contributed by atoms with Gasteiger partial charge in [0.15, 0.2) is 0 Å². The van der Waals surface area contributed by atoms with Crippen LogP contribution in [-0.2, 0) is 11.2 Å². The molecule has 1 heterocycles. The molecule has 0 saturated carbocycles. The van der Waals surface area contributed by atoms with Gasteiger partial charge in [-0.25, -0.2) is 0 Å². The third-order valence-electron chi connectivity index (χ3n) is 4.08. The van der Waals surface area contributed by atoms with Gasteiger partial charge < -0.3 is 10.1 Å². The zero-order valence-corrected chi connectivity index (χ0v) is 13.4. The van der Waals surface area contributed by atoms with Gasteiger partial charge in [0.2, 0.25) is 0 Å². The van der Waals surface area contributed by atoms with E-state index in [1.165, 1.54) is 24.0 Å². The van der Waals surface area contributed by atoms with E-state index in [4.69, 9.17) is 4.74 Å². The smallest absolute Gasteiger partial charge is 0.0867 e. The number of benzene rings is 1. The molecule has 1 aromatic carbocycles. The summed E-state index contributed by atoms with van der Waals surface area (Å²) in [5.74, 6) is 0.579. The highest BCUT2D eigenvalue weighted by molar-refractivity contribution is 5.30. The van der Waals surface area contributed by atoms with Crippen LogP contribution in [0.2, 0.25) is 0 Å². The number of hydrogen-bond acceptors (Lipinski definition) is 2. The Morgan fingerprint density at radius 1 is 1.25 bits per heavy atom. The fraction of sp³-hybridized carbons (Fsp3) is 0.667. The molecule has 112 valence electrons. The topological polar surface area (TPSA) is 21.3 Å². The standard InChI is InChI=1S/C18H29NO/c1-5-14-9-6-7-11-16(14)17-15(10-8-12-20-17)13-19-18(2,3)4/h6-7,9,11,15,17,19H,5,8,10,12-13H2,1-4H3. The van der Waals surface area contributed by atoms with Crippen LogP contribution in [0.25, 0.3) is 0 Å². The zero-order chi connectivity index (χ0) is 14.6. The van der Waals surface area contributed by atoms with Crippen molar-refractivity contribution in [2.45, 2.75) is 58.6 Å². The number of aryl methyl sites for hydroxylation is 1. The molecule has 1 fully saturated rings. The van der Waals surface area contributed by atoms with E-state index in [0.29, 0.717) is 5.92 Å². The van der Waals surface area contributed by atoms with Crippen LogP contribution in [0, 0.1) is 5.92 Å². The molecule has 2 unspecified atom stereocenters. The fourth-order valence-electron chi connectivity index (χ4n) is 2.97. The van der Waals surface area contributed by atoms with Crippen LogP contribution in [0.15, 0.2) is 24.3 Å². The predicted molar refractivity (Wildman–Crippen MR) is 85.0 cm³/mol. The van der Waals surface area contributed by atoms with Gasteiger partial charge in [0.05, 0.1) is 6.10 Å². The van der Waals surface area contributed by atoms with Gasteiger partial charge in [-0.1, -0.05) is 31.2 Å². The van der Waals surface area contributed by atoms with Crippen molar-refractivity contribution in [3.05, 3.63) is 35.4 Å². The highest BCUT2D eigenvalue weighted by atomic mass is 16.5. The summed E-state index contributed by atoms with van der Waals surface area (Å²) in [4.78, 5) is 0. The van der Waals surface area contributed by atoms with Crippen LogP contribution in [0.4, 0.5) is 0 Å². The molecule has 0 aliphatic carbocycles. The third-order valence-corrected chi connectivity index (χ3v) is 4.08. The van der Waals surface area contributed by atoms with E-state index in [9.17, 15) is 0 Å². The molecule has 2 rings (SSSR count). The van der Waals surface area contributed by atoms with Crippen molar-refractivity contribution >= 4 is 0 Å². The normalized spacial score (nSPS) is 23.8. The Morgan fingerprint density at radius 3 is 2.70 bits per heavy atom. The summed E-state index contributed by atoms with van der Waals surface area (Å²) >= 11 is 0. The lowest BCUT2D eigenvalue weighted by Crippen LogP contribution is -2.41. The van der Waals surface area contributed by atoms with Crippen LogP contribution < -0.4 is 5.32 Å². The van der Waals surface area contributed by atoms with Gasteiger partial charge in [0.1, 0.15) is 0 Å². The van der Waals surface area contributed by atoms with Gasteiger partial charge >= 0.3 is 0 Å². The molecule has 0 amide bonds. The third kappa shape index (κ3) is 4.07. The zero-order valence-electron chi connectivity index (χ0n) is 13.4. The lowest BCUT2D eigenvalue weighted by molar-refractivity contribution is -0.0297. The molecule has 0 spiro atoms. The molecule has 1 saturated heterocycles. The first-order valence-electron chi connectivity index (χ1n) is 7.95. The van der Waals surface area contributed by atoms with Gasteiger partial charge in [-0.3, -0.25) is 0 Å². The minimum absolute atomic E-state index is 0.173. The second-order valence-corrected chi connectivity index (χ2v) is 6.88. The van der Waals surface area contributed by atoms with Crippen molar-refractivity contribution in [3.63, 3.8) is 0 Å². The van der Waals surface area contributed by atoms with Crippen molar-refractivity contribution in [2.75, 3.05) is 13.2 Å². The quantitative estimate of drug-likeness (QED) is 0.893. The van der Waals surface area contributed by atoms with E-state index in [2.05, 4.69) is 57.3 Å². The van der Waals surface area contributed by atoms with Crippen molar-refractivity contribution in [2.24, 2.45) is 5.92 Å². The Morgan fingerprint density at radius 2 is 2.00 bits per heavy atom. The first-order chi connectivity index (χ1) is 9.51. The Labute approximate surface area is 123 Å². The van der Waals surface area contributed by atoms with Crippen molar-refractivity contribution in [1.29, 1.82) is 0 Å². The van der Waals surface area contributed by atoms with Crippen LogP contribution in [0.1, 0.15) is 57.8 Å². The average Bonchev–Trinajstić information content (AvgIpc) is 2.44. The van der Waals surface area contributed by atoms with E-state index in [-0.39, 0.29) is 11.6 Å². The fourth-order valence-corrected chi connectivity index (χ4v) is 2.97. The van der Waals surface area contributed by atoms with E-state index in [0.717, 1.165) is 19.6 Å². The second kappa shape index (κ2) is 6.73. The molecule has 1 N–H and O–H groups in total. The summed E-state index contributed by atoms with van der Waals surface area (Å²) in [7, 11) is 0. The van der Waals surface area contributed by atoms with Crippen LogP contribution in [0.5, 0.6) is 0 Å². The number of nitrogens with one attached hydrogen (secondary N) is 1. The first kappa shape index (κ1) is 15.5. The molecule has 0 radical (unpaired) electrons. The summed E-state index contributed by atoms with van der Waals surface area (Å²) in [6.45, 7) is 10.8. The minimum atomic E-state index is 0.173. The number of hydrogen-bond donors (Lipinski definition) is 1. The molecule has 2 nitrogen and oxygen atoms in total. The second-order valence-electron chi connectivity index (χ2n) is 6.88. The van der Waals surface area contributed by atoms with Gasteiger partial charge in [0, 0.05) is 24.6 Å². The van der Waals surface area contributed by atoms with Crippen LogP contribution in [0.3, 0.4) is 0 Å². The molecule has 0 bridgehead atoms. The molecule has 1 aliphatic rings. The highest BCUT2D eigenvalue weighted by Gasteiger charge is 2.29. The van der Waals surface area contributed by atoms with Crippen LogP contribution in [-0.4, -0.2) is 18.7 Å². The summed E-state index contributed by atoms with van der Waals surface area (Å²) in [5, 5.41) is 3.65. The monoisotopic (exact) mass is 275 g/mol. The largest absolute Gasteiger partial charge is 0.373 e. The molecule has 20 heavy (non-hydrogen) atoms. The molecule has 1 aromatic rings. The van der Waals surface area contributed by atoms with E-state index in [1.807, 2.05) is 0 Å². The Bertz CT molecular complexity index is 422. The van der Waals surface area contributed by atoms with E-state index in [1.54, 1.807) is 0 Å². The van der Waals surface area contributed by atoms with Gasteiger partial charge in [-0.05, 0) is 51.2 Å². The van der Waals surface area contributed by atoms with E-state index >= 15 is 0 Å². The maximum absolute atomic E-state index is 6.14. The summed E-state index contributed by atoms with van der Waals surface area (Å²) in [6.07, 6.45) is 3.78. The Balaban J connectivity index is 2.14. The predicted octanol–water partition coefficient (Wildman–Crippen LogP) is 4.10. The van der Waals surface area contributed by atoms with Gasteiger partial charge in [-0.2, -0.15) is 0 Å². The molecule has 0 aromatic heterocycles. The molecule has 2 atom stereocenters. The van der Waals surface area contributed by atoms with Crippen molar-refractivity contribution < 1.29 is 4.74 Å². The maximum Gasteiger partial charge on any atom is 0.0867 e. The maximum atomic E-state index is 6.14. The molecule has 2 heteroatoms. The molecular weight excluding hydrogens is 246 g/mol. The molecular formula is C18H29NO. The summed E-state index contributed by atoms with van der Waals surface area (Å²) in [6, 6.07) is 8.76. The Hall–Kier alpha value is -0.860. The SMILES string of the molecule is CCc1ccccc1C1OCCCC1CNC(C)(C)C. The van der Waals surface area contributed by atoms with Crippen molar-refractivity contribution in [1.82, 2.24) is 5.32 Å². The number of rotatable bonds is 4. The molecule has 1 aliphatic heterocycles. The van der Waals surface area contributed by atoms with E-state index < -0.39 is 0 Å². The van der Waals surface area contributed by atoms with Gasteiger partial charge in [0.25, 0.3) is 0 Å². The number of ether oxygens (including phenoxy) is 1. The minimum Gasteiger partial charge on any atom is -0.373 e. The lowest BCUT2D eigenvalue weighted by Gasteiger charge is -2.35. The van der Waals surface area contributed by atoms with Gasteiger partial charge in [-0.15, -0.1) is 0 Å².